The van der Waals surface area contributed by atoms with Gasteiger partial charge in [-0.25, -0.2) is 5.26 Å². The molecule has 1 rings (SSSR count). The highest BCUT2D eigenvalue weighted by Gasteiger charge is 1.97. The van der Waals surface area contributed by atoms with Crippen LogP contribution in [0.5, 0.6) is 5.75 Å². The Kier molecular flexibility index (Phi) is 3.08. The summed E-state index contributed by atoms with van der Waals surface area (Å²) in [4.78, 5) is 4.04. The summed E-state index contributed by atoms with van der Waals surface area (Å²) < 4.78 is 0. The first-order valence-corrected chi connectivity index (χ1v) is 3.88. The third kappa shape index (κ3) is 2.53. The van der Waals surface area contributed by atoms with Crippen LogP contribution >= 0.6 is 0 Å². The van der Waals surface area contributed by atoms with Gasteiger partial charge in [-0.1, -0.05) is 12.1 Å². The zero-order valence-electron chi connectivity index (χ0n) is 7.03. The smallest absolute Gasteiger partial charge is 0.165 e. The SMILES string of the molecule is C[C@@H](N)Cc1ccc(OO)cc1. The van der Waals surface area contributed by atoms with Crippen LogP contribution in [0.4, 0.5) is 0 Å². The van der Waals surface area contributed by atoms with E-state index < -0.39 is 0 Å². The predicted octanol–water partition coefficient (Wildman–Crippen LogP) is 1.43. The van der Waals surface area contributed by atoms with Crippen LogP contribution in [0.1, 0.15) is 12.5 Å². The first kappa shape index (κ1) is 9.03. The molecule has 0 aliphatic carbocycles. The molecular weight excluding hydrogens is 154 g/mol. The molecule has 0 aromatic heterocycles. The standard InChI is InChI=1S/C9H13NO2/c1-7(10)6-8-2-4-9(12-11)5-3-8/h2-5,7,11H,6,10H2,1H3/t7-/m1/s1. The van der Waals surface area contributed by atoms with Crippen molar-refractivity contribution in [3.05, 3.63) is 29.8 Å². The van der Waals surface area contributed by atoms with Crippen molar-refractivity contribution in [2.45, 2.75) is 19.4 Å². The van der Waals surface area contributed by atoms with Gasteiger partial charge in [-0.15, -0.1) is 0 Å². The van der Waals surface area contributed by atoms with Crippen LogP contribution in [0.25, 0.3) is 0 Å². The van der Waals surface area contributed by atoms with Gasteiger partial charge in [0.25, 0.3) is 0 Å². The van der Waals surface area contributed by atoms with Crippen LogP contribution in [-0.2, 0) is 6.42 Å². The zero-order chi connectivity index (χ0) is 8.97. The van der Waals surface area contributed by atoms with E-state index in [0.717, 1.165) is 12.0 Å². The highest BCUT2D eigenvalue weighted by molar-refractivity contribution is 5.27. The first-order valence-electron chi connectivity index (χ1n) is 3.88. The molecule has 0 aliphatic rings. The summed E-state index contributed by atoms with van der Waals surface area (Å²) in [6, 6.07) is 7.34. The molecule has 1 aromatic rings. The van der Waals surface area contributed by atoms with Gasteiger partial charge in [0.1, 0.15) is 0 Å². The molecule has 0 unspecified atom stereocenters. The molecule has 0 radical (unpaired) electrons. The Bertz CT molecular complexity index is 231. The summed E-state index contributed by atoms with van der Waals surface area (Å²) in [5.41, 5.74) is 6.76. The Morgan fingerprint density at radius 1 is 1.42 bits per heavy atom. The molecule has 0 spiro atoms. The number of nitrogens with two attached hydrogens (primary N) is 1. The lowest BCUT2D eigenvalue weighted by Crippen LogP contribution is -2.17. The Labute approximate surface area is 71.7 Å². The lowest BCUT2D eigenvalue weighted by Gasteiger charge is -2.04. The highest BCUT2D eigenvalue weighted by Crippen LogP contribution is 2.11. The predicted molar refractivity (Wildman–Crippen MR) is 47.1 cm³/mol. The molecule has 12 heavy (non-hydrogen) atoms. The summed E-state index contributed by atoms with van der Waals surface area (Å²) in [5.74, 6) is 0.448. The normalized spacial score (nSPS) is 12.6. The fourth-order valence-corrected chi connectivity index (χ4v) is 1.06. The van der Waals surface area contributed by atoms with Crippen molar-refractivity contribution in [2.24, 2.45) is 5.73 Å². The van der Waals surface area contributed by atoms with Gasteiger partial charge in [0.05, 0.1) is 0 Å². The van der Waals surface area contributed by atoms with Gasteiger partial charge in [-0.2, -0.15) is 0 Å². The third-order valence-electron chi connectivity index (χ3n) is 1.59. The van der Waals surface area contributed by atoms with Crippen molar-refractivity contribution in [1.82, 2.24) is 0 Å². The van der Waals surface area contributed by atoms with Crippen LogP contribution in [0.15, 0.2) is 24.3 Å². The summed E-state index contributed by atoms with van der Waals surface area (Å²) in [5, 5.41) is 8.29. The number of hydrogen-bond donors (Lipinski definition) is 2. The van der Waals surface area contributed by atoms with Crippen LogP contribution in [-0.4, -0.2) is 11.3 Å². The number of rotatable bonds is 3. The second kappa shape index (κ2) is 4.09. The average Bonchev–Trinajstić information content (AvgIpc) is 2.05. The van der Waals surface area contributed by atoms with Crippen LogP contribution in [0.2, 0.25) is 0 Å². The molecule has 3 nitrogen and oxygen atoms in total. The van der Waals surface area contributed by atoms with Crippen molar-refractivity contribution in [1.29, 1.82) is 0 Å². The minimum Gasteiger partial charge on any atom is -0.340 e. The molecule has 0 bridgehead atoms. The second-order valence-corrected chi connectivity index (χ2v) is 2.92. The van der Waals surface area contributed by atoms with Gasteiger partial charge in [0.15, 0.2) is 5.75 Å². The van der Waals surface area contributed by atoms with Crippen LogP contribution in [0, 0.1) is 0 Å². The van der Waals surface area contributed by atoms with Crippen LogP contribution in [0.3, 0.4) is 0 Å². The molecule has 1 aromatic carbocycles. The van der Waals surface area contributed by atoms with Gasteiger partial charge >= 0.3 is 0 Å². The van der Waals surface area contributed by atoms with Gasteiger partial charge in [0, 0.05) is 6.04 Å². The fourth-order valence-electron chi connectivity index (χ4n) is 1.06. The van der Waals surface area contributed by atoms with Crippen LogP contribution < -0.4 is 10.6 Å². The minimum absolute atomic E-state index is 0.158. The third-order valence-corrected chi connectivity index (χ3v) is 1.59. The highest BCUT2D eigenvalue weighted by atomic mass is 17.1. The van der Waals surface area contributed by atoms with E-state index in [2.05, 4.69) is 4.89 Å². The maximum Gasteiger partial charge on any atom is 0.165 e. The number of hydrogen-bond acceptors (Lipinski definition) is 3. The maximum atomic E-state index is 8.29. The van der Waals surface area contributed by atoms with E-state index in [1.54, 1.807) is 12.1 Å². The lowest BCUT2D eigenvalue weighted by molar-refractivity contribution is -0.137. The summed E-state index contributed by atoms with van der Waals surface area (Å²) in [6.07, 6.45) is 0.839. The number of benzene rings is 1. The first-order chi connectivity index (χ1) is 5.72. The average molecular weight is 167 g/mol. The molecule has 0 aliphatic heterocycles. The van der Waals surface area contributed by atoms with E-state index in [0.29, 0.717) is 5.75 Å². The maximum absolute atomic E-state index is 8.29. The molecule has 1 atom stereocenters. The molecule has 0 amide bonds. The topological polar surface area (TPSA) is 55.5 Å². The summed E-state index contributed by atoms with van der Waals surface area (Å²) in [6.45, 7) is 1.95. The van der Waals surface area contributed by atoms with E-state index in [9.17, 15) is 0 Å². The zero-order valence-corrected chi connectivity index (χ0v) is 7.03. The molecule has 0 fully saturated rings. The van der Waals surface area contributed by atoms with Gasteiger partial charge in [-0.3, -0.25) is 0 Å². The summed E-state index contributed by atoms with van der Waals surface area (Å²) in [7, 11) is 0. The Morgan fingerprint density at radius 2 is 2.00 bits per heavy atom. The van der Waals surface area contributed by atoms with E-state index in [1.807, 2.05) is 19.1 Å². The largest absolute Gasteiger partial charge is 0.340 e. The van der Waals surface area contributed by atoms with Gasteiger partial charge in [-0.05, 0) is 31.0 Å². The van der Waals surface area contributed by atoms with Crippen molar-refractivity contribution in [3.8, 4) is 5.75 Å². The van der Waals surface area contributed by atoms with Gasteiger partial charge in [0.2, 0.25) is 0 Å². The molecule has 66 valence electrons. The molecule has 0 heterocycles. The van der Waals surface area contributed by atoms with Crippen molar-refractivity contribution in [2.75, 3.05) is 0 Å². The van der Waals surface area contributed by atoms with Crippen molar-refractivity contribution in [3.63, 3.8) is 0 Å². The van der Waals surface area contributed by atoms with E-state index in [4.69, 9.17) is 11.0 Å². The molecule has 3 heteroatoms. The molecule has 0 saturated heterocycles. The Hall–Kier alpha value is -1.06. The van der Waals surface area contributed by atoms with E-state index in [-0.39, 0.29) is 6.04 Å². The Balaban J connectivity index is 2.65. The van der Waals surface area contributed by atoms with Crippen molar-refractivity contribution < 1.29 is 10.1 Å². The quantitative estimate of drug-likeness (QED) is 0.529. The van der Waals surface area contributed by atoms with E-state index in [1.165, 1.54) is 0 Å². The monoisotopic (exact) mass is 167 g/mol. The molecular formula is C9H13NO2. The second-order valence-electron chi connectivity index (χ2n) is 2.92. The van der Waals surface area contributed by atoms with Gasteiger partial charge < -0.3 is 10.6 Å². The lowest BCUT2D eigenvalue weighted by atomic mass is 10.1. The summed E-state index contributed by atoms with van der Waals surface area (Å²) >= 11 is 0. The van der Waals surface area contributed by atoms with E-state index >= 15 is 0 Å². The molecule has 0 saturated carbocycles. The van der Waals surface area contributed by atoms with Crippen molar-refractivity contribution >= 4 is 0 Å². The molecule has 3 N–H and O–H groups in total. The Morgan fingerprint density at radius 3 is 2.42 bits per heavy atom. The fraction of sp³-hybridized carbons (Fsp3) is 0.333. The minimum atomic E-state index is 0.158.